The second-order valence-corrected chi connectivity index (χ2v) is 6.55. The van der Waals surface area contributed by atoms with Gasteiger partial charge in [0.2, 0.25) is 0 Å². The molecule has 0 saturated heterocycles. The van der Waals surface area contributed by atoms with Crippen molar-refractivity contribution in [1.82, 2.24) is 0 Å². The maximum Gasteiger partial charge on any atom is 0.0584 e. The predicted molar refractivity (Wildman–Crippen MR) is 97.8 cm³/mol. The minimum absolute atomic E-state index is 0.402. The first-order valence-corrected chi connectivity index (χ1v) is 8.22. The summed E-state index contributed by atoms with van der Waals surface area (Å²) in [5.74, 6) is 0.458. The van der Waals surface area contributed by atoms with E-state index < -0.39 is 0 Å². The number of hydrogen-bond acceptors (Lipinski definition) is 2. The summed E-state index contributed by atoms with van der Waals surface area (Å²) in [5, 5.41) is 0. The molecule has 0 amide bonds. The van der Waals surface area contributed by atoms with Gasteiger partial charge in [-0.05, 0) is 42.2 Å². The number of nitrogen functional groups attached to an aromatic ring is 1. The average molecular weight is 302 g/mol. The van der Waals surface area contributed by atoms with E-state index in [9.17, 15) is 0 Å². The number of para-hydroxylation sites is 1. The molecule has 2 aliphatic rings. The quantitative estimate of drug-likeness (QED) is 0.829. The van der Waals surface area contributed by atoms with Gasteiger partial charge in [-0.1, -0.05) is 54.6 Å². The van der Waals surface area contributed by atoms with E-state index >= 15 is 0 Å². The Hall–Kier alpha value is -2.48. The van der Waals surface area contributed by atoms with Gasteiger partial charge in [0.1, 0.15) is 0 Å². The fourth-order valence-corrected chi connectivity index (χ4v) is 3.83. The van der Waals surface area contributed by atoms with E-state index in [1.54, 1.807) is 0 Å². The molecule has 0 radical (unpaired) electrons. The van der Waals surface area contributed by atoms with Crippen molar-refractivity contribution in [3.63, 3.8) is 0 Å². The fourth-order valence-electron chi connectivity index (χ4n) is 3.83. The van der Waals surface area contributed by atoms with Gasteiger partial charge in [-0.2, -0.15) is 0 Å². The summed E-state index contributed by atoms with van der Waals surface area (Å²) in [5.41, 5.74) is 13.6. The van der Waals surface area contributed by atoms with E-state index in [1.807, 2.05) is 0 Å². The zero-order valence-corrected chi connectivity index (χ0v) is 13.7. The molecule has 2 aromatic rings. The Labute approximate surface area is 137 Å². The van der Waals surface area contributed by atoms with Gasteiger partial charge in [-0.3, -0.25) is 0 Å². The third-order valence-corrected chi connectivity index (χ3v) is 5.26. The van der Waals surface area contributed by atoms with Gasteiger partial charge in [0, 0.05) is 23.8 Å². The van der Waals surface area contributed by atoms with Crippen molar-refractivity contribution in [2.75, 3.05) is 10.6 Å². The topological polar surface area (TPSA) is 29.3 Å². The molecule has 1 unspecified atom stereocenters. The van der Waals surface area contributed by atoms with Crippen LogP contribution in [0.3, 0.4) is 0 Å². The zero-order valence-electron chi connectivity index (χ0n) is 13.7. The molecular formula is C21H22N2. The smallest absolute Gasteiger partial charge is 0.0584 e. The summed E-state index contributed by atoms with van der Waals surface area (Å²) in [6.07, 6.45) is 8.96. The van der Waals surface area contributed by atoms with Gasteiger partial charge in [0.05, 0.1) is 6.04 Å². The summed E-state index contributed by atoms with van der Waals surface area (Å²) in [6, 6.07) is 13.5. The molecular weight excluding hydrogens is 280 g/mol. The van der Waals surface area contributed by atoms with Gasteiger partial charge in [0.15, 0.2) is 0 Å². The molecule has 116 valence electrons. The van der Waals surface area contributed by atoms with Crippen LogP contribution in [0.1, 0.15) is 28.2 Å². The number of hydrogen-bond donors (Lipinski definition) is 1. The van der Waals surface area contributed by atoms with E-state index in [1.165, 1.54) is 22.4 Å². The van der Waals surface area contributed by atoms with E-state index in [2.05, 4.69) is 79.4 Å². The number of allylic oxidation sites excluding steroid dienone is 2. The van der Waals surface area contributed by atoms with Crippen LogP contribution in [-0.2, 0) is 6.54 Å². The van der Waals surface area contributed by atoms with Crippen LogP contribution in [0.15, 0.2) is 60.7 Å². The van der Waals surface area contributed by atoms with Crippen LogP contribution in [0.4, 0.5) is 11.4 Å². The minimum atomic E-state index is 0.402. The normalized spacial score (nSPS) is 21.4. The molecule has 2 aromatic carbocycles. The predicted octanol–water partition coefficient (Wildman–Crippen LogP) is 4.48. The molecule has 1 aliphatic heterocycles. The van der Waals surface area contributed by atoms with Crippen molar-refractivity contribution in [2.24, 2.45) is 0 Å². The minimum Gasteiger partial charge on any atom is -0.398 e. The Balaban J connectivity index is 1.76. The van der Waals surface area contributed by atoms with Gasteiger partial charge in [-0.15, -0.1) is 0 Å². The highest BCUT2D eigenvalue weighted by atomic mass is 15.2. The Morgan fingerprint density at radius 3 is 2.65 bits per heavy atom. The third-order valence-electron chi connectivity index (χ3n) is 5.26. The molecule has 2 atom stereocenters. The molecule has 0 spiro atoms. The Morgan fingerprint density at radius 2 is 1.78 bits per heavy atom. The molecule has 2 heteroatoms. The molecule has 2 nitrogen and oxygen atoms in total. The highest BCUT2D eigenvalue weighted by molar-refractivity contribution is 5.66. The highest BCUT2D eigenvalue weighted by Gasteiger charge is 2.36. The molecule has 0 aromatic heterocycles. The van der Waals surface area contributed by atoms with Crippen LogP contribution in [0, 0.1) is 13.8 Å². The van der Waals surface area contributed by atoms with Crippen molar-refractivity contribution in [1.29, 1.82) is 0 Å². The average Bonchev–Trinajstić information content (AvgIpc) is 2.90. The number of rotatable bonds is 2. The van der Waals surface area contributed by atoms with Crippen LogP contribution in [0.2, 0.25) is 0 Å². The summed E-state index contributed by atoms with van der Waals surface area (Å²) >= 11 is 0. The number of benzene rings is 2. The van der Waals surface area contributed by atoms with E-state index in [0.29, 0.717) is 12.0 Å². The van der Waals surface area contributed by atoms with Crippen molar-refractivity contribution in [3.05, 3.63) is 83.0 Å². The summed E-state index contributed by atoms with van der Waals surface area (Å²) in [6.45, 7) is 5.10. The van der Waals surface area contributed by atoms with Crippen LogP contribution in [-0.4, -0.2) is 6.04 Å². The number of nitrogens with zero attached hydrogens (tertiary/aromatic N) is 1. The molecule has 1 aliphatic carbocycles. The van der Waals surface area contributed by atoms with Gasteiger partial charge in [0.25, 0.3) is 0 Å². The third kappa shape index (κ3) is 2.17. The molecule has 0 fully saturated rings. The second-order valence-electron chi connectivity index (χ2n) is 6.55. The number of nitrogens with two attached hydrogens (primary N) is 1. The molecule has 0 bridgehead atoms. The molecule has 2 N–H and O–H groups in total. The van der Waals surface area contributed by atoms with Crippen LogP contribution < -0.4 is 10.6 Å². The van der Waals surface area contributed by atoms with Gasteiger partial charge < -0.3 is 10.6 Å². The number of aryl methyl sites for hydroxylation is 1. The first-order valence-electron chi connectivity index (χ1n) is 8.22. The lowest BCUT2D eigenvalue weighted by molar-refractivity contribution is 0.671. The van der Waals surface area contributed by atoms with Crippen molar-refractivity contribution in [3.8, 4) is 0 Å². The lowest BCUT2D eigenvalue weighted by atomic mass is 9.91. The summed E-state index contributed by atoms with van der Waals surface area (Å²) in [4.78, 5) is 2.51. The molecule has 23 heavy (non-hydrogen) atoms. The van der Waals surface area contributed by atoms with Crippen LogP contribution >= 0.6 is 0 Å². The highest BCUT2D eigenvalue weighted by Crippen LogP contribution is 2.44. The molecule has 0 saturated carbocycles. The maximum atomic E-state index is 6.24. The Morgan fingerprint density at radius 1 is 1.00 bits per heavy atom. The first-order chi connectivity index (χ1) is 11.2. The van der Waals surface area contributed by atoms with Gasteiger partial charge in [-0.25, -0.2) is 0 Å². The van der Waals surface area contributed by atoms with Gasteiger partial charge >= 0.3 is 0 Å². The SMILES string of the molecule is Cc1ccc(CN2c3ccccc3C3C=CC=C[C@H]32)c(C)c1N. The Kier molecular flexibility index (Phi) is 3.26. The lowest BCUT2D eigenvalue weighted by Crippen LogP contribution is -2.32. The molecule has 4 rings (SSSR count). The maximum absolute atomic E-state index is 6.24. The summed E-state index contributed by atoms with van der Waals surface area (Å²) in [7, 11) is 0. The monoisotopic (exact) mass is 302 g/mol. The van der Waals surface area contributed by atoms with Crippen LogP contribution in [0.25, 0.3) is 0 Å². The zero-order chi connectivity index (χ0) is 16.0. The van der Waals surface area contributed by atoms with Crippen molar-refractivity contribution < 1.29 is 0 Å². The fraction of sp³-hybridized carbons (Fsp3) is 0.238. The standard InChI is InChI=1S/C21H22N2/c1-14-11-12-16(15(2)21(14)22)13-23-19-9-5-3-7-17(19)18-8-4-6-10-20(18)23/h3-12,17,19H,13,22H2,1-2H3/t17?,19-/m1/s1. The second kappa shape index (κ2) is 5.31. The van der Waals surface area contributed by atoms with E-state index in [4.69, 9.17) is 5.73 Å². The number of anilines is 2. The number of fused-ring (bicyclic) bond motifs is 3. The van der Waals surface area contributed by atoms with Crippen molar-refractivity contribution >= 4 is 11.4 Å². The molecule has 1 heterocycles. The lowest BCUT2D eigenvalue weighted by Gasteiger charge is -2.29. The summed E-state index contributed by atoms with van der Waals surface area (Å²) < 4.78 is 0. The van der Waals surface area contributed by atoms with E-state index in [-0.39, 0.29) is 0 Å². The Bertz CT molecular complexity index is 817. The largest absolute Gasteiger partial charge is 0.398 e. The van der Waals surface area contributed by atoms with E-state index in [0.717, 1.165) is 17.8 Å². The van der Waals surface area contributed by atoms with Crippen molar-refractivity contribution in [2.45, 2.75) is 32.4 Å². The first kappa shape index (κ1) is 14.1. The van der Waals surface area contributed by atoms with Crippen LogP contribution in [0.5, 0.6) is 0 Å².